The van der Waals surface area contributed by atoms with Gasteiger partial charge in [0.15, 0.2) is 0 Å². The number of nitrogens with two attached hydrogens (primary N) is 1. The Morgan fingerprint density at radius 3 is 2.52 bits per heavy atom. The van der Waals surface area contributed by atoms with Gasteiger partial charge in [0.1, 0.15) is 0 Å². The molecule has 2 fully saturated rings. The van der Waals surface area contributed by atoms with Crippen molar-refractivity contribution in [3.63, 3.8) is 0 Å². The van der Waals surface area contributed by atoms with Gasteiger partial charge in [0, 0.05) is 32.7 Å². The van der Waals surface area contributed by atoms with Crippen LogP contribution in [0.5, 0.6) is 0 Å². The first-order valence-electron chi connectivity index (χ1n) is 8.44. The molecule has 0 atom stereocenters. The molecule has 0 bridgehead atoms. The van der Waals surface area contributed by atoms with Crippen molar-refractivity contribution < 1.29 is 14.3 Å². The van der Waals surface area contributed by atoms with Gasteiger partial charge in [-0.05, 0) is 51.5 Å². The summed E-state index contributed by atoms with van der Waals surface area (Å²) in [6, 6.07) is 0. The van der Waals surface area contributed by atoms with Gasteiger partial charge in [-0.2, -0.15) is 0 Å². The molecule has 2 rings (SSSR count). The van der Waals surface area contributed by atoms with Crippen LogP contribution in [0.4, 0.5) is 0 Å². The molecule has 0 spiro atoms. The zero-order valence-electron chi connectivity index (χ0n) is 13.3. The molecule has 2 aliphatic rings. The molecule has 1 aliphatic carbocycles. The van der Waals surface area contributed by atoms with Gasteiger partial charge in [-0.3, -0.25) is 4.79 Å². The molecular formula is C16H30N2O3. The molecule has 5 heteroatoms. The lowest BCUT2D eigenvalue weighted by Crippen LogP contribution is -2.43. The second-order valence-electron chi connectivity index (χ2n) is 6.21. The maximum absolute atomic E-state index is 12.3. The quantitative estimate of drug-likeness (QED) is 0.691. The summed E-state index contributed by atoms with van der Waals surface area (Å²) < 4.78 is 11.3. The summed E-state index contributed by atoms with van der Waals surface area (Å²) in [6.07, 6.45) is 6.35. The van der Waals surface area contributed by atoms with Crippen LogP contribution in [0.25, 0.3) is 0 Å². The number of likely N-dealkylation sites (tertiary alicyclic amines) is 1. The number of ether oxygens (including phenoxy) is 2. The number of hydrogen-bond acceptors (Lipinski definition) is 4. The zero-order chi connectivity index (χ0) is 15.1. The molecule has 2 N–H and O–H groups in total. The first-order valence-corrected chi connectivity index (χ1v) is 8.44. The summed E-state index contributed by atoms with van der Waals surface area (Å²) in [4.78, 5) is 14.3. The third kappa shape index (κ3) is 5.24. The van der Waals surface area contributed by atoms with E-state index >= 15 is 0 Å². The van der Waals surface area contributed by atoms with Crippen molar-refractivity contribution in [1.29, 1.82) is 0 Å². The lowest BCUT2D eigenvalue weighted by Gasteiger charge is -2.37. The molecule has 0 aromatic heterocycles. The van der Waals surface area contributed by atoms with Crippen molar-refractivity contribution in [2.45, 2.75) is 57.7 Å². The topological polar surface area (TPSA) is 64.8 Å². The van der Waals surface area contributed by atoms with Crippen molar-refractivity contribution in [3.05, 3.63) is 0 Å². The van der Waals surface area contributed by atoms with Crippen molar-refractivity contribution >= 4 is 5.91 Å². The molecule has 0 radical (unpaired) electrons. The average molecular weight is 298 g/mol. The minimum atomic E-state index is 0.312. The van der Waals surface area contributed by atoms with Crippen LogP contribution in [0.1, 0.15) is 45.4 Å². The molecule has 1 heterocycles. The van der Waals surface area contributed by atoms with Gasteiger partial charge >= 0.3 is 0 Å². The normalized spacial score (nSPS) is 26.7. The number of nitrogens with zero attached hydrogens (tertiary/aromatic N) is 1. The van der Waals surface area contributed by atoms with Gasteiger partial charge in [0.05, 0.1) is 12.2 Å². The number of hydrogen-bond donors (Lipinski definition) is 1. The Hall–Kier alpha value is -0.650. The number of carbonyl (C=O) groups is 1. The monoisotopic (exact) mass is 298 g/mol. The molecule has 122 valence electrons. The second-order valence-corrected chi connectivity index (χ2v) is 6.21. The van der Waals surface area contributed by atoms with E-state index in [0.29, 0.717) is 37.0 Å². The molecule has 1 saturated carbocycles. The molecule has 5 nitrogen and oxygen atoms in total. The fourth-order valence-electron chi connectivity index (χ4n) is 3.19. The second kappa shape index (κ2) is 8.71. The average Bonchev–Trinajstić information content (AvgIpc) is 2.46. The summed E-state index contributed by atoms with van der Waals surface area (Å²) in [7, 11) is 0. The standard InChI is InChI=1S/C16H30N2O3/c1-2-20-15-10-13(11-15)12-16(19)18-7-4-14(5-8-18)21-9-3-6-17/h13-15H,2-12,17H2,1H3. The summed E-state index contributed by atoms with van der Waals surface area (Å²) in [5.74, 6) is 0.850. The lowest BCUT2D eigenvalue weighted by atomic mass is 9.79. The number of carbonyl (C=O) groups excluding carboxylic acids is 1. The SMILES string of the molecule is CCOC1CC(CC(=O)N2CCC(OCCCN)CC2)C1. The lowest BCUT2D eigenvalue weighted by molar-refractivity contribution is -0.137. The third-order valence-corrected chi connectivity index (χ3v) is 4.55. The van der Waals surface area contributed by atoms with Gasteiger partial charge in [0.25, 0.3) is 0 Å². The van der Waals surface area contributed by atoms with Crippen LogP contribution in [-0.4, -0.2) is 55.9 Å². The minimum Gasteiger partial charge on any atom is -0.378 e. The smallest absolute Gasteiger partial charge is 0.222 e. The molecule has 0 unspecified atom stereocenters. The maximum atomic E-state index is 12.3. The molecule has 1 amide bonds. The number of amides is 1. The van der Waals surface area contributed by atoms with E-state index < -0.39 is 0 Å². The Kier molecular flexibility index (Phi) is 6.93. The first kappa shape index (κ1) is 16.7. The van der Waals surface area contributed by atoms with Crippen LogP contribution in [-0.2, 0) is 14.3 Å². The zero-order valence-corrected chi connectivity index (χ0v) is 13.3. The van der Waals surface area contributed by atoms with Crippen molar-refractivity contribution in [2.75, 3.05) is 32.8 Å². The van der Waals surface area contributed by atoms with E-state index in [4.69, 9.17) is 15.2 Å². The summed E-state index contributed by atoms with van der Waals surface area (Å²) in [6.45, 7) is 5.92. The van der Waals surface area contributed by atoms with E-state index in [-0.39, 0.29) is 0 Å². The van der Waals surface area contributed by atoms with E-state index in [1.165, 1.54) is 0 Å². The van der Waals surface area contributed by atoms with Crippen LogP contribution >= 0.6 is 0 Å². The molecule has 21 heavy (non-hydrogen) atoms. The van der Waals surface area contributed by atoms with Gasteiger partial charge in [-0.25, -0.2) is 0 Å². The molecule has 0 aromatic rings. The highest BCUT2D eigenvalue weighted by molar-refractivity contribution is 5.76. The van der Waals surface area contributed by atoms with E-state index in [1.54, 1.807) is 0 Å². The predicted octanol–water partition coefficient (Wildman–Crippen LogP) is 1.55. The molecular weight excluding hydrogens is 268 g/mol. The Morgan fingerprint density at radius 1 is 1.19 bits per heavy atom. The highest BCUT2D eigenvalue weighted by Gasteiger charge is 2.33. The maximum Gasteiger partial charge on any atom is 0.222 e. The Balaban J connectivity index is 1.58. The van der Waals surface area contributed by atoms with Crippen LogP contribution in [0.3, 0.4) is 0 Å². The van der Waals surface area contributed by atoms with Gasteiger partial charge in [-0.15, -0.1) is 0 Å². The highest BCUT2D eigenvalue weighted by Crippen LogP contribution is 2.33. The summed E-state index contributed by atoms with van der Waals surface area (Å²) in [5, 5.41) is 0. The number of rotatable bonds is 8. The van der Waals surface area contributed by atoms with Crippen LogP contribution in [0, 0.1) is 5.92 Å². The van der Waals surface area contributed by atoms with Crippen LogP contribution in [0.15, 0.2) is 0 Å². The van der Waals surface area contributed by atoms with Gasteiger partial charge < -0.3 is 20.1 Å². The fourth-order valence-corrected chi connectivity index (χ4v) is 3.19. The minimum absolute atomic E-state index is 0.312. The summed E-state index contributed by atoms with van der Waals surface area (Å²) in [5.41, 5.74) is 5.46. The predicted molar refractivity (Wildman–Crippen MR) is 82.0 cm³/mol. The third-order valence-electron chi connectivity index (χ3n) is 4.55. The van der Waals surface area contributed by atoms with E-state index in [0.717, 1.165) is 58.4 Å². The van der Waals surface area contributed by atoms with Crippen LogP contribution < -0.4 is 5.73 Å². The first-order chi connectivity index (χ1) is 10.2. The van der Waals surface area contributed by atoms with E-state index in [9.17, 15) is 4.79 Å². The van der Waals surface area contributed by atoms with Crippen LogP contribution in [0.2, 0.25) is 0 Å². The Morgan fingerprint density at radius 2 is 1.90 bits per heavy atom. The van der Waals surface area contributed by atoms with Gasteiger partial charge in [-0.1, -0.05) is 0 Å². The Labute approximate surface area is 128 Å². The number of piperidine rings is 1. The van der Waals surface area contributed by atoms with Crippen molar-refractivity contribution in [3.8, 4) is 0 Å². The fraction of sp³-hybridized carbons (Fsp3) is 0.938. The molecule has 1 aliphatic heterocycles. The Bertz CT molecular complexity index is 311. The summed E-state index contributed by atoms with van der Waals surface area (Å²) >= 11 is 0. The van der Waals surface area contributed by atoms with Crippen molar-refractivity contribution in [2.24, 2.45) is 11.7 Å². The van der Waals surface area contributed by atoms with E-state index in [1.807, 2.05) is 11.8 Å². The largest absolute Gasteiger partial charge is 0.378 e. The molecule has 1 saturated heterocycles. The van der Waals surface area contributed by atoms with E-state index in [2.05, 4.69) is 0 Å². The highest BCUT2D eigenvalue weighted by atomic mass is 16.5. The molecule has 0 aromatic carbocycles. The van der Waals surface area contributed by atoms with Crippen molar-refractivity contribution in [1.82, 2.24) is 4.90 Å². The van der Waals surface area contributed by atoms with Gasteiger partial charge in [0.2, 0.25) is 5.91 Å².